The first-order chi connectivity index (χ1) is 13.6. The molecule has 0 aliphatic carbocycles. The summed E-state index contributed by atoms with van der Waals surface area (Å²) >= 11 is -2.29. The van der Waals surface area contributed by atoms with Crippen molar-refractivity contribution in [3.8, 4) is 0 Å². The second kappa shape index (κ2) is 14.8. The molecule has 1 heterocycles. The van der Waals surface area contributed by atoms with Gasteiger partial charge in [-0.05, 0) is 6.07 Å². The van der Waals surface area contributed by atoms with Gasteiger partial charge in [-0.25, -0.2) is 0 Å². The van der Waals surface area contributed by atoms with Crippen molar-refractivity contribution in [2.75, 3.05) is 0 Å². The summed E-state index contributed by atoms with van der Waals surface area (Å²) in [5.74, 6) is -0.0876. The summed E-state index contributed by atoms with van der Waals surface area (Å²) in [6.07, 6.45) is 12.4. The molecule has 2 rings (SSSR count). The van der Waals surface area contributed by atoms with Crippen LogP contribution in [0.5, 0.6) is 0 Å². The van der Waals surface area contributed by atoms with Gasteiger partial charge in [0.2, 0.25) is 0 Å². The first kappa shape index (κ1) is 24.9. The molecule has 0 aliphatic heterocycles. The van der Waals surface area contributed by atoms with E-state index >= 15 is 0 Å². The van der Waals surface area contributed by atoms with Gasteiger partial charge in [-0.1, -0.05) is 6.08 Å². The first-order valence-corrected chi connectivity index (χ1v) is 18.4. The Labute approximate surface area is 175 Å². The van der Waals surface area contributed by atoms with E-state index in [4.69, 9.17) is 0 Å². The molecule has 0 bridgehead atoms. The molecular formula is C24H39FN2Sn. The van der Waals surface area contributed by atoms with E-state index in [-0.39, 0.29) is 5.82 Å². The van der Waals surface area contributed by atoms with Crippen LogP contribution in [-0.2, 0) is 6.42 Å². The predicted molar refractivity (Wildman–Crippen MR) is 123 cm³/mol. The number of benzene rings is 1. The number of halogens is 1. The average Bonchev–Trinajstić information content (AvgIpc) is 3.22. The van der Waals surface area contributed by atoms with Gasteiger partial charge < -0.3 is 0 Å². The fraction of sp³-hybridized carbons (Fsp3) is 0.542. The van der Waals surface area contributed by atoms with Crippen LogP contribution in [0.2, 0.25) is 13.3 Å². The van der Waals surface area contributed by atoms with Crippen LogP contribution < -0.4 is 3.58 Å². The van der Waals surface area contributed by atoms with Crippen LogP contribution in [0.3, 0.4) is 0 Å². The third-order valence-corrected chi connectivity index (χ3v) is 21.1. The first-order valence-electron chi connectivity index (χ1n) is 11.0. The molecule has 1 aromatic heterocycles. The molecule has 0 aliphatic rings. The van der Waals surface area contributed by atoms with Crippen LogP contribution in [0.15, 0.2) is 49.2 Å². The molecule has 0 amide bonds. The zero-order valence-corrected chi connectivity index (χ0v) is 21.0. The van der Waals surface area contributed by atoms with Crippen LogP contribution >= 0.6 is 0 Å². The summed E-state index contributed by atoms with van der Waals surface area (Å²) in [4.78, 5) is 0. The van der Waals surface area contributed by atoms with Gasteiger partial charge in [-0.2, -0.15) is 5.10 Å². The van der Waals surface area contributed by atoms with Gasteiger partial charge in [0, 0.05) is 18.3 Å². The van der Waals surface area contributed by atoms with Gasteiger partial charge in [-0.3, -0.25) is 5.10 Å². The Morgan fingerprint density at radius 2 is 1.46 bits per heavy atom. The minimum atomic E-state index is -2.29. The standard InChI is InChI=1S/C6H4F.C6H8N2.3C4H9.Sn/c7-6-4-2-1-3-5-6;1-2-3-6-4-5-7-8-6;3*1-3-4-2;/h2-5H;2,4-5H,1,3H2,(H,7,8);3*1,3-4H2,2H3;. The molecule has 1 N–H and O–H groups in total. The second-order valence-electron chi connectivity index (χ2n) is 7.67. The second-order valence-corrected chi connectivity index (χ2v) is 20.9. The molecule has 0 saturated heterocycles. The maximum absolute atomic E-state index is 13.3. The van der Waals surface area contributed by atoms with E-state index in [1.807, 2.05) is 12.1 Å². The molecule has 0 saturated carbocycles. The third kappa shape index (κ3) is 8.93. The molecule has 0 radical (unpaired) electrons. The zero-order valence-electron chi connectivity index (χ0n) is 18.1. The van der Waals surface area contributed by atoms with E-state index < -0.39 is 18.4 Å². The summed E-state index contributed by atoms with van der Waals surface area (Å²) in [6, 6.07) is 9.54. The number of nitrogens with zero attached hydrogens (tertiary/aromatic N) is 1. The van der Waals surface area contributed by atoms with Crippen LogP contribution in [0, 0.1) is 5.82 Å². The van der Waals surface area contributed by atoms with Crippen molar-refractivity contribution in [2.24, 2.45) is 0 Å². The maximum atomic E-state index is 13.3. The fourth-order valence-electron chi connectivity index (χ4n) is 3.71. The van der Waals surface area contributed by atoms with Crippen molar-refractivity contribution < 1.29 is 4.39 Å². The Morgan fingerprint density at radius 1 is 0.929 bits per heavy atom. The Morgan fingerprint density at radius 3 is 1.86 bits per heavy atom. The molecule has 0 spiro atoms. The van der Waals surface area contributed by atoms with Crippen LogP contribution in [-0.4, -0.2) is 28.6 Å². The van der Waals surface area contributed by atoms with Gasteiger partial charge >= 0.3 is 129 Å². The van der Waals surface area contributed by atoms with E-state index in [1.54, 1.807) is 21.9 Å². The SMILES string of the molecule is C=CCc1ccn[nH]1.CCC[CH2][Sn]([CH2]CCC)([CH2]CCC)[c]1ccc(F)cc1. The predicted octanol–water partition coefficient (Wildman–Crippen LogP) is 7.02. The van der Waals surface area contributed by atoms with Crippen molar-refractivity contribution in [3.63, 3.8) is 0 Å². The third-order valence-electron chi connectivity index (χ3n) is 5.41. The van der Waals surface area contributed by atoms with Gasteiger partial charge in [-0.15, -0.1) is 6.58 Å². The van der Waals surface area contributed by atoms with Crippen molar-refractivity contribution in [2.45, 2.75) is 79.0 Å². The fourth-order valence-corrected chi connectivity index (χ4v) is 19.6. The molecular weight excluding hydrogens is 454 g/mol. The number of aromatic amines is 1. The molecule has 28 heavy (non-hydrogen) atoms. The molecule has 2 nitrogen and oxygen atoms in total. The van der Waals surface area contributed by atoms with Gasteiger partial charge in [0.05, 0.1) is 0 Å². The number of H-pyrrole nitrogens is 1. The number of nitrogens with one attached hydrogen (secondary N) is 1. The van der Waals surface area contributed by atoms with Crippen molar-refractivity contribution >= 4 is 22.0 Å². The Hall–Kier alpha value is -1.10. The van der Waals surface area contributed by atoms with E-state index in [0.717, 1.165) is 12.1 Å². The van der Waals surface area contributed by atoms with Crippen molar-refractivity contribution in [3.05, 3.63) is 60.7 Å². The number of allylic oxidation sites excluding steroid dienone is 1. The van der Waals surface area contributed by atoms with Gasteiger partial charge in [0.15, 0.2) is 0 Å². The quantitative estimate of drug-likeness (QED) is 0.250. The van der Waals surface area contributed by atoms with E-state index in [9.17, 15) is 4.39 Å². The number of rotatable bonds is 12. The minimum absolute atomic E-state index is 0.0876. The van der Waals surface area contributed by atoms with Crippen LogP contribution in [0.1, 0.15) is 65.0 Å². The summed E-state index contributed by atoms with van der Waals surface area (Å²) in [7, 11) is 0. The monoisotopic (exact) mass is 494 g/mol. The Balaban J connectivity index is 0.000000406. The summed E-state index contributed by atoms with van der Waals surface area (Å²) in [5.41, 5.74) is 1.11. The number of unbranched alkanes of at least 4 members (excludes halogenated alkanes) is 3. The number of aromatic nitrogens is 2. The summed E-state index contributed by atoms with van der Waals surface area (Å²) in [6.45, 7) is 10.5. The average molecular weight is 493 g/mol. The van der Waals surface area contributed by atoms with Crippen molar-refractivity contribution in [1.29, 1.82) is 0 Å². The van der Waals surface area contributed by atoms with Crippen LogP contribution in [0.4, 0.5) is 4.39 Å². The van der Waals surface area contributed by atoms with E-state index in [0.29, 0.717) is 0 Å². The van der Waals surface area contributed by atoms with Crippen molar-refractivity contribution in [1.82, 2.24) is 10.2 Å². The topological polar surface area (TPSA) is 28.7 Å². The Bertz CT molecular complexity index is 601. The summed E-state index contributed by atoms with van der Waals surface area (Å²) in [5, 5.41) is 6.58. The molecule has 2 aromatic rings. The molecule has 156 valence electrons. The molecule has 0 fully saturated rings. The molecule has 0 atom stereocenters. The molecule has 4 heteroatoms. The van der Waals surface area contributed by atoms with E-state index in [2.05, 4.69) is 49.7 Å². The van der Waals surface area contributed by atoms with Crippen LogP contribution in [0.25, 0.3) is 0 Å². The molecule has 0 unspecified atom stereocenters. The van der Waals surface area contributed by atoms with Gasteiger partial charge in [0.1, 0.15) is 0 Å². The molecule has 1 aromatic carbocycles. The number of hydrogen-bond acceptors (Lipinski definition) is 1. The zero-order chi connectivity index (χ0) is 20.7. The normalized spacial score (nSPS) is 11.0. The van der Waals surface area contributed by atoms with Gasteiger partial charge in [0.25, 0.3) is 0 Å². The summed E-state index contributed by atoms with van der Waals surface area (Å²) < 4.78 is 19.2. The number of hydrogen-bond donors (Lipinski definition) is 1. The van der Waals surface area contributed by atoms with E-state index in [1.165, 1.54) is 51.8 Å². The Kier molecular flexibility index (Phi) is 13.2.